The Bertz CT molecular complexity index is 1060. The molecule has 0 spiro atoms. The van der Waals surface area contributed by atoms with Crippen molar-refractivity contribution in [2.75, 3.05) is 19.8 Å². The van der Waals surface area contributed by atoms with Crippen molar-refractivity contribution in [3.63, 3.8) is 0 Å². The predicted molar refractivity (Wildman–Crippen MR) is 203 cm³/mol. The second-order valence-corrected chi connectivity index (χ2v) is 14.4. The van der Waals surface area contributed by atoms with Crippen LogP contribution in [-0.2, 0) is 23.7 Å². The van der Waals surface area contributed by atoms with E-state index in [1.807, 2.05) is 6.08 Å². The maximum absolute atomic E-state index is 13.0. The molecule has 0 bridgehead atoms. The number of nitrogens with one attached hydrogen (secondary N) is 1. The van der Waals surface area contributed by atoms with Crippen molar-refractivity contribution in [3.05, 3.63) is 36.5 Å². The van der Waals surface area contributed by atoms with E-state index in [1.165, 1.54) is 25.7 Å². The summed E-state index contributed by atoms with van der Waals surface area (Å²) in [5, 5.41) is 86.0. The van der Waals surface area contributed by atoms with Gasteiger partial charge in [0.05, 0.1) is 32.0 Å². The van der Waals surface area contributed by atoms with Gasteiger partial charge in [0.15, 0.2) is 12.6 Å². The summed E-state index contributed by atoms with van der Waals surface area (Å²) in [5.41, 5.74) is 0. The first-order chi connectivity index (χ1) is 26.1. The van der Waals surface area contributed by atoms with Crippen LogP contribution in [0.4, 0.5) is 0 Å². The van der Waals surface area contributed by atoms with E-state index in [9.17, 15) is 45.6 Å². The molecule has 0 aliphatic carbocycles. The molecule has 0 saturated carbocycles. The molecular weight excluding hydrogens is 702 g/mol. The lowest BCUT2D eigenvalue weighted by atomic mass is 9.97. The van der Waals surface area contributed by atoms with E-state index >= 15 is 0 Å². The van der Waals surface area contributed by atoms with Crippen molar-refractivity contribution in [3.8, 4) is 0 Å². The van der Waals surface area contributed by atoms with Crippen LogP contribution in [0.2, 0.25) is 0 Å². The summed E-state index contributed by atoms with van der Waals surface area (Å²) < 4.78 is 22.5. The Balaban J connectivity index is 1.98. The highest BCUT2D eigenvalue weighted by Crippen LogP contribution is 2.29. The van der Waals surface area contributed by atoms with E-state index < -0.39 is 86.8 Å². The molecular formula is C40H71NO13. The Morgan fingerprint density at radius 2 is 1.22 bits per heavy atom. The quantitative estimate of drug-likeness (QED) is 0.0412. The standard InChI is InChI=1S/C40H71NO13/c1-3-5-7-9-11-13-15-17-19-21-23-29(44)28(41-32(45)24-22-20-18-16-14-12-10-8-6-4-2)27-51-39-37(50)35(48)38(31(26-43)53-39)54-40-36(49)34(47)33(46)30(25-42)52-40/h8,10,13,15,21,23,28-31,33-40,42-44,46-50H,3-7,9,11-12,14,16-20,22,24-27H2,1-2H3,(H,41,45)/b10-8-,15-13+,23-21+. The van der Waals surface area contributed by atoms with E-state index in [-0.39, 0.29) is 18.9 Å². The van der Waals surface area contributed by atoms with Crippen LogP contribution in [0.25, 0.3) is 0 Å². The first kappa shape index (κ1) is 48.4. The fourth-order valence-electron chi connectivity index (χ4n) is 6.36. The summed E-state index contributed by atoms with van der Waals surface area (Å²) >= 11 is 0. The van der Waals surface area contributed by atoms with Crippen LogP contribution >= 0.6 is 0 Å². The molecule has 12 atom stereocenters. The number of amides is 1. The average Bonchev–Trinajstić information content (AvgIpc) is 3.17. The van der Waals surface area contributed by atoms with Crippen LogP contribution in [-0.4, -0.2) is 140 Å². The number of hydrogen-bond donors (Lipinski definition) is 9. The molecule has 0 radical (unpaired) electrons. The van der Waals surface area contributed by atoms with Gasteiger partial charge in [-0.05, 0) is 51.4 Å². The molecule has 1 amide bonds. The second kappa shape index (κ2) is 28.6. The van der Waals surface area contributed by atoms with Gasteiger partial charge in [-0.1, -0.05) is 95.2 Å². The monoisotopic (exact) mass is 773 g/mol. The summed E-state index contributed by atoms with van der Waals surface area (Å²) in [7, 11) is 0. The third kappa shape index (κ3) is 17.6. The van der Waals surface area contributed by atoms with Gasteiger partial charge in [0.2, 0.25) is 5.91 Å². The van der Waals surface area contributed by atoms with Gasteiger partial charge in [-0.3, -0.25) is 4.79 Å². The van der Waals surface area contributed by atoms with Crippen LogP contribution in [0, 0.1) is 0 Å². The highest BCUT2D eigenvalue weighted by atomic mass is 16.7. The molecule has 2 saturated heterocycles. The first-order valence-corrected chi connectivity index (χ1v) is 20.2. The minimum absolute atomic E-state index is 0.261. The maximum atomic E-state index is 13.0. The van der Waals surface area contributed by atoms with Gasteiger partial charge in [0.25, 0.3) is 0 Å². The van der Waals surface area contributed by atoms with Crippen molar-refractivity contribution in [2.24, 2.45) is 0 Å². The molecule has 314 valence electrons. The van der Waals surface area contributed by atoms with Crippen LogP contribution in [0.5, 0.6) is 0 Å². The van der Waals surface area contributed by atoms with Crippen molar-refractivity contribution in [1.29, 1.82) is 0 Å². The Labute approximate surface area is 321 Å². The fourth-order valence-corrected chi connectivity index (χ4v) is 6.36. The predicted octanol–water partition coefficient (Wildman–Crippen LogP) is 2.42. The van der Waals surface area contributed by atoms with E-state index in [2.05, 4.69) is 43.5 Å². The molecule has 2 heterocycles. The van der Waals surface area contributed by atoms with Crippen LogP contribution in [0.3, 0.4) is 0 Å². The molecule has 54 heavy (non-hydrogen) atoms. The maximum Gasteiger partial charge on any atom is 0.220 e. The zero-order valence-electron chi connectivity index (χ0n) is 32.4. The molecule has 2 fully saturated rings. The van der Waals surface area contributed by atoms with E-state index in [0.29, 0.717) is 12.8 Å². The Morgan fingerprint density at radius 1 is 0.648 bits per heavy atom. The minimum atomic E-state index is -1.79. The van der Waals surface area contributed by atoms with Gasteiger partial charge in [-0.25, -0.2) is 0 Å². The normalized spacial score (nSPS) is 30.4. The molecule has 9 N–H and O–H groups in total. The van der Waals surface area contributed by atoms with Crippen molar-refractivity contribution in [2.45, 2.75) is 190 Å². The zero-order valence-corrected chi connectivity index (χ0v) is 32.4. The number of carbonyl (C=O) groups is 1. The topological polar surface area (TPSA) is 228 Å². The van der Waals surface area contributed by atoms with Crippen LogP contribution in [0.15, 0.2) is 36.5 Å². The third-order valence-electron chi connectivity index (χ3n) is 9.78. The van der Waals surface area contributed by atoms with Crippen molar-refractivity contribution >= 4 is 5.91 Å². The molecule has 12 unspecified atom stereocenters. The molecule has 0 aromatic rings. The lowest BCUT2D eigenvalue weighted by Gasteiger charge is -2.46. The van der Waals surface area contributed by atoms with Gasteiger partial charge < -0.3 is 65.1 Å². The number of ether oxygens (including phenoxy) is 4. The van der Waals surface area contributed by atoms with Gasteiger partial charge in [-0.15, -0.1) is 0 Å². The minimum Gasteiger partial charge on any atom is -0.394 e. The van der Waals surface area contributed by atoms with Gasteiger partial charge >= 0.3 is 0 Å². The zero-order chi connectivity index (χ0) is 39.7. The van der Waals surface area contributed by atoms with Gasteiger partial charge in [-0.2, -0.15) is 0 Å². The largest absolute Gasteiger partial charge is 0.394 e. The van der Waals surface area contributed by atoms with Crippen molar-refractivity contribution in [1.82, 2.24) is 5.32 Å². The molecule has 2 aliphatic heterocycles. The number of rotatable bonds is 28. The lowest BCUT2D eigenvalue weighted by Crippen LogP contribution is -2.65. The van der Waals surface area contributed by atoms with Crippen LogP contribution in [0.1, 0.15) is 117 Å². The summed E-state index contributed by atoms with van der Waals surface area (Å²) in [6, 6.07) is -0.929. The van der Waals surface area contributed by atoms with Gasteiger partial charge in [0.1, 0.15) is 48.8 Å². The van der Waals surface area contributed by atoms with E-state index in [4.69, 9.17) is 18.9 Å². The highest BCUT2D eigenvalue weighted by Gasteiger charge is 2.50. The summed E-state index contributed by atoms with van der Waals surface area (Å²) in [4.78, 5) is 13.0. The first-order valence-electron chi connectivity index (χ1n) is 20.2. The Kier molecular flexibility index (Phi) is 25.6. The lowest BCUT2D eigenvalue weighted by molar-refractivity contribution is -0.359. The number of allylic oxidation sites excluding steroid dienone is 5. The summed E-state index contributed by atoms with van der Waals surface area (Å²) in [5.74, 6) is -0.268. The fraction of sp³-hybridized carbons (Fsp3) is 0.825. The number of carbonyl (C=O) groups excluding carboxylic acids is 1. The second-order valence-electron chi connectivity index (χ2n) is 14.4. The number of aliphatic hydroxyl groups is 8. The third-order valence-corrected chi connectivity index (χ3v) is 9.78. The molecule has 14 nitrogen and oxygen atoms in total. The molecule has 0 aromatic heterocycles. The summed E-state index contributed by atoms with van der Waals surface area (Å²) in [6.07, 6.45) is 10.8. The molecule has 2 aliphatic rings. The molecule has 14 heteroatoms. The average molecular weight is 774 g/mol. The smallest absolute Gasteiger partial charge is 0.220 e. The van der Waals surface area contributed by atoms with Crippen LogP contribution < -0.4 is 5.32 Å². The SMILES string of the molecule is CCC/C=C\CCCCCCCC(=O)NC(COC1OC(CO)C(OC2OC(CO)C(O)C(O)C2O)C(O)C1O)C(O)/C=C/CC/C=C/CCCCCC. The summed E-state index contributed by atoms with van der Waals surface area (Å²) in [6.45, 7) is 2.60. The molecule has 0 aromatic carbocycles. The number of aliphatic hydroxyl groups excluding tert-OH is 8. The number of hydrogen-bond acceptors (Lipinski definition) is 13. The Morgan fingerprint density at radius 3 is 1.89 bits per heavy atom. The van der Waals surface area contributed by atoms with Gasteiger partial charge in [0, 0.05) is 6.42 Å². The Hall–Kier alpha value is -1.79. The molecule has 2 rings (SSSR count). The van der Waals surface area contributed by atoms with E-state index in [0.717, 1.165) is 57.8 Å². The van der Waals surface area contributed by atoms with E-state index in [1.54, 1.807) is 6.08 Å². The van der Waals surface area contributed by atoms with Crippen molar-refractivity contribution < 1.29 is 64.6 Å². The highest BCUT2D eigenvalue weighted by molar-refractivity contribution is 5.76. The number of unbranched alkanes of at least 4 members (excludes halogenated alkanes) is 11.